The smallest absolute Gasteiger partial charge is 0.256 e. The standard InChI is InChI=1S/C15H10BrFN4O/c16-12-4-2-1-3-11(12)15(22)20-10-5-6-14(13(17)7-10)21-9-18-8-19-21/h1-9H,(H,20,22). The summed E-state index contributed by atoms with van der Waals surface area (Å²) >= 11 is 3.31. The Labute approximate surface area is 133 Å². The van der Waals surface area contributed by atoms with E-state index in [2.05, 4.69) is 31.3 Å². The van der Waals surface area contributed by atoms with Crippen molar-refractivity contribution in [3.8, 4) is 5.69 Å². The van der Waals surface area contributed by atoms with Crippen LogP contribution in [0.25, 0.3) is 5.69 Å². The van der Waals surface area contributed by atoms with Crippen molar-refractivity contribution in [1.29, 1.82) is 0 Å². The summed E-state index contributed by atoms with van der Waals surface area (Å²) in [6.07, 6.45) is 2.72. The van der Waals surface area contributed by atoms with E-state index in [1.54, 1.807) is 24.3 Å². The van der Waals surface area contributed by atoms with Crippen molar-refractivity contribution < 1.29 is 9.18 Å². The Morgan fingerprint density at radius 3 is 2.73 bits per heavy atom. The van der Waals surface area contributed by atoms with Gasteiger partial charge in [0.25, 0.3) is 5.91 Å². The number of nitrogens with one attached hydrogen (secondary N) is 1. The molecular weight excluding hydrogens is 351 g/mol. The van der Waals surface area contributed by atoms with Gasteiger partial charge in [0, 0.05) is 10.2 Å². The third kappa shape index (κ3) is 2.89. The molecule has 3 aromatic rings. The molecule has 0 unspecified atom stereocenters. The summed E-state index contributed by atoms with van der Waals surface area (Å²) in [4.78, 5) is 15.9. The molecule has 0 radical (unpaired) electrons. The zero-order chi connectivity index (χ0) is 15.5. The molecule has 0 fully saturated rings. The van der Waals surface area contributed by atoms with Crippen LogP contribution in [-0.4, -0.2) is 20.7 Å². The molecule has 22 heavy (non-hydrogen) atoms. The van der Waals surface area contributed by atoms with Gasteiger partial charge in [0.05, 0.1) is 5.56 Å². The maximum absolute atomic E-state index is 14.1. The molecule has 2 aromatic carbocycles. The van der Waals surface area contributed by atoms with Crippen LogP contribution in [0.2, 0.25) is 0 Å². The number of aromatic nitrogens is 3. The van der Waals surface area contributed by atoms with Crippen LogP contribution in [0.3, 0.4) is 0 Å². The van der Waals surface area contributed by atoms with Gasteiger partial charge in [-0.2, -0.15) is 5.10 Å². The molecule has 0 saturated carbocycles. The Kier molecular flexibility index (Phi) is 3.97. The van der Waals surface area contributed by atoms with Crippen LogP contribution in [0.1, 0.15) is 10.4 Å². The lowest BCUT2D eigenvalue weighted by Crippen LogP contribution is -2.13. The summed E-state index contributed by atoms with van der Waals surface area (Å²) in [7, 11) is 0. The highest BCUT2D eigenvalue weighted by Crippen LogP contribution is 2.20. The first-order chi connectivity index (χ1) is 10.6. The molecule has 110 valence electrons. The number of hydrogen-bond donors (Lipinski definition) is 1. The van der Waals surface area contributed by atoms with Crippen molar-refractivity contribution in [2.24, 2.45) is 0 Å². The Morgan fingerprint density at radius 2 is 2.05 bits per heavy atom. The number of carbonyl (C=O) groups is 1. The number of benzene rings is 2. The molecule has 1 aromatic heterocycles. The zero-order valence-electron chi connectivity index (χ0n) is 11.2. The summed E-state index contributed by atoms with van der Waals surface area (Å²) in [5.41, 5.74) is 1.10. The maximum atomic E-state index is 14.1. The van der Waals surface area contributed by atoms with Crippen molar-refractivity contribution in [2.75, 3.05) is 5.32 Å². The lowest BCUT2D eigenvalue weighted by atomic mass is 10.2. The van der Waals surface area contributed by atoms with Crippen molar-refractivity contribution >= 4 is 27.5 Å². The minimum atomic E-state index is -0.504. The van der Waals surface area contributed by atoms with Crippen LogP contribution in [-0.2, 0) is 0 Å². The SMILES string of the molecule is O=C(Nc1ccc(-n2cncn2)c(F)c1)c1ccccc1Br. The molecule has 1 heterocycles. The van der Waals surface area contributed by atoms with Crippen molar-refractivity contribution in [3.05, 3.63) is 71.0 Å². The summed E-state index contributed by atoms with van der Waals surface area (Å²) in [6.45, 7) is 0. The summed E-state index contributed by atoms with van der Waals surface area (Å²) in [5.74, 6) is -0.823. The zero-order valence-corrected chi connectivity index (χ0v) is 12.8. The van der Waals surface area contributed by atoms with Gasteiger partial charge in [0.15, 0.2) is 5.82 Å². The molecule has 0 aliphatic carbocycles. The van der Waals surface area contributed by atoms with E-state index >= 15 is 0 Å². The van der Waals surface area contributed by atoms with Crippen LogP contribution in [0.15, 0.2) is 59.6 Å². The Hall–Kier alpha value is -2.54. The van der Waals surface area contributed by atoms with Crippen molar-refractivity contribution in [3.63, 3.8) is 0 Å². The van der Waals surface area contributed by atoms with E-state index in [1.807, 2.05) is 6.07 Å². The second-order valence-corrected chi connectivity index (χ2v) is 5.29. The molecule has 1 amide bonds. The second kappa shape index (κ2) is 6.07. The van der Waals surface area contributed by atoms with Gasteiger partial charge in [-0.15, -0.1) is 0 Å². The third-order valence-electron chi connectivity index (χ3n) is 2.99. The number of nitrogens with zero attached hydrogens (tertiary/aromatic N) is 3. The quantitative estimate of drug-likeness (QED) is 0.778. The lowest BCUT2D eigenvalue weighted by Gasteiger charge is -2.09. The van der Waals surface area contributed by atoms with Gasteiger partial charge in [-0.1, -0.05) is 12.1 Å². The minimum Gasteiger partial charge on any atom is -0.322 e. The second-order valence-electron chi connectivity index (χ2n) is 4.44. The van der Waals surface area contributed by atoms with Crippen molar-refractivity contribution in [1.82, 2.24) is 14.8 Å². The highest BCUT2D eigenvalue weighted by Gasteiger charge is 2.11. The molecule has 7 heteroatoms. The number of amides is 1. The first-order valence-electron chi connectivity index (χ1n) is 6.35. The molecule has 0 atom stereocenters. The number of anilines is 1. The largest absolute Gasteiger partial charge is 0.322 e. The van der Waals surface area contributed by atoms with Gasteiger partial charge in [-0.05, 0) is 46.3 Å². The first kappa shape index (κ1) is 14.4. The predicted octanol–water partition coefficient (Wildman–Crippen LogP) is 3.42. The van der Waals surface area contributed by atoms with E-state index in [0.29, 0.717) is 15.7 Å². The number of carbonyl (C=O) groups excluding carboxylic acids is 1. The van der Waals surface area contributed by atoms with Gasteiger partial charge < -0.3 is 5.32 Å². The van der Waals surface area contributed by atoms with E-state index in [1.165, 1.54) is 29.5 Å². The molecule has 0 saturated heterocycles. The normalized spacial score (nSPS) is 10.5. The molecule has 0 spiro atoms. The van der Waals surface area contributed by atoms with E-state index in [4.69, 9.17) is 0 Å². The molecule has 0 aliphatic heterocycles. The first-order valence-corrected chi connectivity index (χ1v) is 7.15. The van der Waals surface area contributed by atoms with Crippen LogP contribution in [0.5, 0.6) is 0 Å². The van der Waals surface area contributed by atoms with Crippen LogP contribution < -0.4 is 5.32 Å². The molecule has 0 bridgehead atoms. The average Bonchev–Trinajstić information content (AvgIpc) is 3.01. The predicted molar refractivity (Wildman–Crippen MR) is 83.4 cm³/mol. The highest BCUT2D eigenvalue weighted by atomic mass is 79.9. The van der Waals surface area contributed by atoms with Gasteiger partial charge in [0.1, 0.15) is 18.3 Å². The molecule has 5 nitrogen and oxygen atoms in total. The van der Waals surface area contributed by atoms with Gasteiger partial charge in [0.2, 0.25) is 0 Å². The van der Waals surface area contributed by atoms with Crippen LogP contribution in [0, 0.1) is 5.82 Å². The summed E-state index contributed by atoms with van der Waals surface area (Å²) in [6, 6.07) is 11.4. The fraction of sp³-hybridized carbons (Fsp3) is 0. The number of hydrogen-bond acceptors (Lipinski definition) is 3. The van der Waals surface area contributed by atoms with Crippen LogP contribution >= 0.6 is 15.9 Å². The average molecular weight is 361 g/mol. The van der Waals surface area contributed by atoms with Gasteiger partial charge >= 0.3 is 0 Å². The van der Waals surface area contributed by atoms with E-state index in [-0.39, 0.29) is 11.6 Å². The molecule has 3 rings (SSSR count). The number of rotatable bonds is 3. The third-order valence-corrected chi connectivity index (χ3v) is 3.68. The maximum Gasteiger partial charge on any atom is 0.256 e. The fourth-order valence-electron chi connectivity index (χ4n) is 1.95. The lowest BCUT2D eigenvalue weighted by molar-refractivity contribution is 0.102. The van der Waals surface area contributed by atoms with Gasteiger partial charge in [-0.3, -0.25) is 4.79 Å². The molecule has 0 aliphatic rings. The van der Waals surface area contributed by atoms with E-state index < -0.39 is 5.82 Å². The van der Waals surface area contributed by atoms with Gasteiger partial charge in [-0.25, -0.2) is 14.1 Å². The van der Waals surface area contributed by atoms with E-state index in [0.717, 1.165) is 0 Å². The molecule has 1 N–H and O–H groups in total. The molecular formula is C15H10BrFN4O. The topological polar surface area (TPSA) is 59.8 Å². The number of halogens is 2. The highest BCUT2D eigenvalue weighted by molar-refractivity contribution is 9.10. The summed E-state index contributed by atoms with van der Waals surface area (Å²) in [5, 5.41) is 6.53. The summed E-state index contributed by atoms with van der Waals surface area (Å²) < 4.78 is 16.1. The Bertz CT molecular complexity index is 820. The van der Waals surface area contributed by atoms with Crippen LogP contribution in [0.4, 0.5) is 10.1 Å². The monoisotopic (exact) mass is 360 g/mol. The van der Waals surface area contributed by atoms with Crippen molar-refractivity contribution in [2.45, 2.75) is 0 Å². The Balaban J connectivity index is 1.83. The Morgan fingerprint density at radius 1 is 1.23 bits per heavy atom. The minimum absolute atomic E-state index is 0.261. The fourth-order valence-corrected chi connectivity index (χ4v) is 2.41. The van der Waals surface area contributed by atoms with E-state index in [9.17, 15) is 9.18 Å².